The molecule has 1 rings (SSSR count). The number of aliphatic hydroxyl groups is 5. The largest absolute Gasteiger partial charge is 0.394 e. The molecule has 6 N–H and O–H groups in total. The van der Waals surface area contributed by atoms with Crippen molar-refractivity contribution in [2.45, 2.75) is 166 Å². The molecule has 1 aliphatic heterocycles. The van der Waals surface area contributed by atoms with Gasteiger partial charge in [-0.15, -0.1) is 0 Å². The van der Waals surface area contributed by atoms with Crippen molar-refractivity contribution in [1.29, 1.82) is 0 Å². The summed E-state index contributed by atoms with van der Waals surface area (Å²) in [4.78, 5) is 12.8. The van der Waals surface area contributed by atoms with Crippen LogP contribution in [-0.4, -0.2) is 87.5 Å². The summed E-state index contributed by atoms with van der Waals surface area (Å²) in [6.45, 7) is 3.54. The van der Waals surface area contributed by atoms with Crippen LogP contribution in [-0.2, 0) is 14.3 Å². The monoisotopic (exact) mass is 704 g/mol. The number of hydrogen-bond donors (Lipinski definition) is 6. The number of rotatable bonds is 29. The number of hydrogen-bond acceptors (Lipinski definition) is 8. The third-order valence-corrected chi connectivity index (χ3v) is 8.53. The fourth-order valence-corrected chi connectivity index (χ4v) is 5.41. The molecule has 0 aromatic carbocycles. The fourth-order valence-electron chi connectivity index (χ4n) is 5.41. The molecule has 0 radical (unpaired) electrons. The molecule has 0 aromatic heterocycles. The van der Waals surface area contributed by atoms with Gasteiger partial charge in [-0.3, -0.25) is 4.79 Å². The van der Waals surface area contributed by atoms with Crippen molar-refractivity contribution >= 4 is 5.91 Å². The van der Waals surface area contributed by atoms with Crippen LogP contribution in [0.5, 0.6) is 0 Å². The minimum absolute atomic E-state index is 0.213. The van der Waals surface area contributed by atoms with Crippen LogP contribution in [0.3, 0.4) is 0 Å². The second-order valence-electron chi connectivity index (χ2n) is 13.0. The van der Waals surface area contributed by atoms with Crippen molar-refractivity contribution in [3.05, 3.63) is 72.9 Å². The lowest BCUT2D eigenvalue weighted by Gasteiger charge is -2.40. The summed E-state index contributed by atoms with van der Waals surface area (Å²) in [5.41, 5.74) is 0. The molecule has 1 aliphatic rings. The van der Waals surface area contributed by atoms with Gasteiger partial charge in [0.15, 0.2) is 6.29 Å². The zero-order valence-corrected chi connectivity index (χ0v) is 30.9. The van der Waals surface area contributed by atoms with E-state index in [1.54, 1.807) is 6.08 Å². The summed E-state index contributed by atoms with van der Waals surface area (Å²) in [6.07, 6.45) is 33.9. The van der Waals surface area contributed by atoms with Crippen LogP contribution < -0.4 is 5.32 Å². The highest BCUT2D eigenvalue weighted by atomic mass is 16.7. The van der Waals surface area contributed by atoms with Crippen LogP contribution in [0.2, 0.25) is 0 Å². The summed E-state index contributed by atoms with van der Waals surface area (Å²) in [5.74, 6) is -0.272. The molecule has 7 atom stereocenters. The van der Waals surface area contributed by atoms with E-state index >= 15 is 0 Å². The molecule has 7 unspecified atom stereocenters. The van der Waals surface area contributed by atoms with Crippen LogP contribution in [0, 0.1) is 0 Å². The van der Waals surface area contributed by atoms with Gasteiger partial charge < -0.3 is 40.3 Å². The number of amides is 1. The third kappa shape index (κ3) is 22.4. The predicted octanol–water partition coefficient (Wildman–Crippen LogP) is 6.66. The first-order valence-electron chi connectivity index (χ1n) is 19.2. The zero-order valence-electron chi connectivity index (χ0n) is 30.9. The summed E-state index contributed by atoms with van der Waals surface area (Å²) in [7, 11) is 0. The van der Waals surface area contributed by atoms with Crippen LogP contribution >= 0.6 is 0 Å². The molecule has 50 heavy (non-hydrogen) atoms. The minimum Gasteiger partial charge on any atom is -0.394 e. The maximum absolute atomic E-state index is 12.8. The molecule has 1 heterocycles. The highest BCUT2D eigenvalue weighted by Crippen LogP contribution is 2.22. The van der Waals surface area contributed by atoms with E-state index in [0.717, 1.165) is 44.9 Å². The molecule has 0 spiro atoms. The number of carbonyl (C=O) groups excluding carboxylic acids is 1. The van der Waals surface area contributed by atoms with Gasteiger partial charge in [-0.1, -0.05) is 132 Å². The Morgan fingerprint density at radius 2 is 1.26 bits per heavy atom. The molecule has 0 aromatic rings. The van der Waals surface area contributed by atoms with Crippen molar-refractivity contribution in [2.24, 2.45) is 0 Å². The Morgan fingerprint density at radius 3 is 1.90 bits per heavy atom. The van der Waals surface area contributed by atoms with E-state index in [4.69, 9.17) is 9.47 Å². The van der Waals surface area contributed by atoms with Gasteiger partial charge in [0.05, 0.1) is 25.4 Å². The van der Waals surface area contributed by atoms with Gasteiger partial charge in [0, 0.05) is 6.42 Å². The molecule has 1 saturated heterocycles. The quantitative estimate of drug-likeness (QED) is 0.0375. The predicted molar refractivity (Wildman–Crippen MR) is 202 cm³/mol. The van der Waals surface area contributed by atoms with E-state index in [9.17, 15) is 30.3 Å². The molecular weight excluding hydrogens is 634 g/mol. The fraction of sp³-hybridized carbons (Fsp3) is 0.683. The maximum atomic E-state index is 12.8. The normalized spacial score (nSPS) is 23.1. The molecule has 1 fully saturated rings. The summed E-state index contributed by atoms with van der Waals surface area (Å²) in [6, 6.07) is -0.860. The maximum Gasteiger partial charge on any atom is 0.220 e. The Balaban J connectivity index is 2.56. The van der Waals surface area contributed by atoms with E-state index in [0.29, 0.717) is 6.42 Å². The van der Waals surface area contributed by atoms with Gasteiger partial charge in [0.2, 0.25) is 5.91 Å². The van der Waals surface area contributed by atoms with Crippen LogP contribution in [0.15, 0.2) is 72.9 Å². The Labute approximate surface area is 302 Å². The number of carbonyl (C=O) groups is 1. The van der Waals surface area contributed by atoms with Gasteiger partial charge in [-0.2, -0.15) is 0 Å². The summed E-state index contributed by atoms with van der Waals surface area (Å²) < 4.78 is 11.1. The lowest BCUT2D eigenvalue weighted by Crippen LogP contribution is -2.60. The van der Waals surface area contributed by atoms with Crippen molar-refractivity contribution in [3.8, 4) is 0 Å². The molecule has 0 bridgehead atoms. The highest BCUT2D eigenvalue weighted by Gasteiger charge is 2.44. The molecule has 9 nitrogen and oxygen atoms in total. The van der Waals surface area contributed by atoms with E-state index in [1.807, 2.05) is 18.2 Å². The number of ether oxygens (including phenoxy) is 2. The van der Waals surface area contributed by atoms with Gasteiger partial charge in [-0.25, -0.2) is 0 Å². The minimum atomic E-state index is -1.58. The van der Waals surface area contributed by atoms with E-state index < -0.39 is 49.5 Å². The number of allylic oxidation sites excluding steroid dienone is 11. The van der Waals surface area contributed by atoms with Crippen molar-refractivity contribution in [1.82, 2.24) is 5.32 Å². The second kappa shape index (κ2) is 31.4. The first-order chi connectivity index (χ1) is 24.3. The summed E-state index contributed by atoms with van der Waals surface area (Å²) >= 11 is 0. The lowest BCUT2D eigenvalue weighted by atomic mass is 9.99. The average Bonchev–Trinajstić information content (AvgIpc) is 3.11. The lowest BCUT2D eigenvalue weighted by molar-refractivity contribution is -0.302. The molecule has 0 saturated carbocycles. The van der Waals surface area contributed by atoms with Gasteiger partial charge in [-0.05, 0) is 57.8 Å². The van der Waals surface area contributed by atoms with Crippen LogP contribution in [0.4, 0.5) is 0 Å². The van der Waals surface area contributed by atoms with E-state index in [2.05, 4.69) is 67.8 Å². The van der Waals surface area contributed by atoms with Gasteiger partial charge in [0.1, 0.15) is 24.4 Å². The standard InChI is InChI=1S/C41H69NO8/c1-3-5-7-9-11-13-15-17-19-20-22-24-26-28-30-35(44)34(33-49-41-40(48)39(47)38(46)36(32-43)50-41)42-37(45)31-29-27-25-23-21-18-16-14-12-10-8-6-4-2/h6,8,12,14,18,20-22,25,27-28,30,34-36,38-41,43-44,46-48H,3-5,7,9-11,13,15-17,19,23-24,26,29,31-33H2,1-2H3,(H,42,45)/b8-6-,14-12-,21-18-,22-20+,27-25-,30-28+. The highest BCUT2D eigenvalue weighted by molar-refractivity contribution is 5.76. The molecule has 1 amide bonds. The Kier molecular flexibility index (Phi) is 28.6. The Morgan fingerprint density at radius 1 is 0.700 bits per heavy atom. The van der Waals surface area contributed by atoms with Crippen LogP contribution in [0.25, 0.3) is 0 Å². The number of unbranched alkanes of at least 4 members (excludes halogenated alkanes) is 9. The topological polar surface area (TPSA) is 149 Å². The average molecular weight is 704 g/mol. The molecule has 9 heteroatoms. The van der Waals surface area contributed by atoms with E-state index in [-0.39, 0.29) is 18.9 Å². The van der Waals surface area contributed by atoms with Crippen molar-refractivity contribution in [2.75, 3.05) is 13.2 Å². The molecule has 0 aliphatic carbocycles. The second-order valence-corrected chi connectivity index (χ2v) is 13.0. The molecular formula is C41H69NO8. The summed E-state index contributed by atoms with van der Waals surface area (Å²) in [5, 5.41) is 53.8. The number of nitrogens with one attached hydrogen (secondary N) is 1. The Bertz CT molecular complexity index is 1000. The smallest absolute Gasteiger partial charge is 0.220 e. The van der Waals surface area contributed by atoms with Gasteiger partial charge in [0.25, 0.3) is 0 Å². The number of aliphatic hydroxyl groups excluding tert-OH is 5. The van der Waals surface area contributed by atoms with Gasteiger partial charge >= 0.3 is 0 Å². The third-order valence-electron chi connectivity index (χ3n) is 8.53. The zero-order chi connectivity index (χ0) is 36.7. The molecule has 286 valence electrons. The van der Waals surface area contributed by atoms with Crippen molar-refractivity contribution < 1.29 is 39.8 Å². The Hall–Kier alpha value is -2.37. The van der Waals surface area contributed by atoms with E-state index in [1.165, 1.54) is 51.4 Å². The first-order valence-corrected chi connectivity index (χ1v) is 19.2. The first kappa shape index (κ1) is 45.7. The SMILES string of the molecule is CC/C=C\C/C=C\C/C=C\C/C=C\CCC(=O)NC(COC1OC(CO)C(O)C(O)C1O)C(O)/C=C/CC/C=C/CCCCCCCCCC. The van der Waals surface area contributed by atoms with Crippen LogP contribution in [0.1, 0.15) is 123 Å². The van der Waals surface area contributed by atoms with Crippen molar-refractivity contribution in [3.63, 3.8) is 0 Å².